The molecule has 96 valence electrons. The van der Waals surface area contributed by atoms with Crippen molar-refractivity contribution in [1.82, 2.24) is 4.90 Å². The van der Waals surface area contributed by atoms with Crippen molar-refractivity contribution in [3.63, 3.8) is 0 Å². The van der Waals surface area contributed by atoms with Crippen LogP contribution in [-0.2, 0) is 27.4 Å². The van der Waals surface area contributed by atoms with Gasteiger partial charge in [0.2, 0.25) is 0 Å². The third-order valence-corrected chi connectivity index (χ3v) is 2.96. The van der Waals surface area contributed by atoms with Crippen molar-refractivity contribution in [2.45, 2.75) is 26.1 Å². The van der Waals surface area contributed by atoms with Crippen LogP contribution in [0.15, 0.2) is 24.3 Å². The van der Waals surface area contributed by atoms with Crippen molar-refractivity contribution in [3.05, 3.63) is 35.4 Å². The van der Waals surface area contributed by atoms with E-state index in [9.17, 15) is 9.59 Å². The Balaban J connectivity index is 2.03. The average molecular weight is 248 g/mol. The van der Waals surface area contributed by atoms with Crippen molar-refractivity contribution in [2.75, 3.05) is 6.61 Å². The maximum absolute atomic E-state index is 12.0. The number of esters is 1. The number of hydrogen-bond donors (Lipinski definition) is 1. The van der Waals surface area contributed by atoms with E-state index >= 15 is 0 Å². The summed E-state index contributed by atoms with van der Waals surface area (Å²) in [4.78, 5) is 25.0. The number of nitrogens with zero attached hydrogens (tertiary/aromatic N) is 1. The van der Waals surface area contributed by atoms with Gasteiger partial charge in [-0.15, -0.1) is 0 Å². The second-order valence-electron chi connectivity index (χ2n) is 4.19. The zero-order valence-electron chi connectivity index (χ0n) is 10.3. The number of benzene rings is 1. The topological polar surface area (TPSA) is 72.6 Å². The van der Waals surface area contributed by atoms with E-state index in [1.165, 1.54) is 0 Å². The molecule has 1 aliphatic rings. The molecule has 1 amide bonds. The van der Waals surface area contributed by atoms with Crippen LogP contribution in [0, 0.1) is 0 Å². The number of carbonyl (C=O) groups excluding carboxylic acids is 2. The molecule has 0 radical (unpaired) electrons. The van der Waals surface area contributed by atoms with Crippen LogP contribution in [0.3, 0.4) is 0 Å². The van der Waals surface area contributed by atoms with Crippen LogP contribution >= 0.6 is 0 Å². The molecule has 1 heterocycles. The van der Waals surface area contributed by atoms with Crippen LogP contribution in [0.4, 0.5) is 0 Å². The Kier molecular flexibility index (Phi) is 3.62. The van der Waals surface area contributed by atoms with Crippen LogP contribution in [0.2, 0.25) is 0 Å². The highest BCUT2D eigenvalue weighted by Crippen LogP contribution is 2.22. The summed E-state index contributed by atoms with van der Waals surface area (Å²) in [5.41, 5.74) is 7.79. The SMILES string of the molecule is CCOC(=O)C(N)C(=O)N1Cc2ccccc2C1. The van der Waals surface area contributed by atoms with E-state index in [0.29, 0.717) is 13.1 Å². The molecule has 0 aliphatic carbocycles. The van der Waals surface area contributed by atoms with Crippen LogP contribution in [0.1, 0.15) is 18.1 Å². The summed E-state index contributed by atoms with van der Waals surface area (Å²) in [6.45, 7) is 2.91. The third-order valence-electron chi connectivity index (χ3n) is 2.96. The van der Waals surface area contributed by atoms with Crippen LogP contribution < -0.4 is 5.73 Å². The van der Waals surface area contributed by atoms with Crippen molar-refractivity contribution >= 4 is 11.9 Å². The maximum Gasteiger partial charge on any atom is 0.332 e. The summed E-state index contributed by atoms with van der Waals surface area (Å²) in [7, 11) is 0. The largest absolute Gasteiger partial charge is 0.464 e. The van der Waals surface area contributed by atoms with E-state index in [1.54, 1.807) is 11.8 Å². The number of carbonyl (C=O) groups is 2. The minimum Gasteiger partial charge on any atom is -0.464 e. The number of amides is 1. The molecule has 1 aliphatic heterocycles. The highest BCUT2D eigenvalue weighted by molar-refractivity contribution is 6.01. The standard InChI is InChI=1S/C13H16N2O3/c1-2-18-13(17)11(14)12(16)15-7-9-5-3-4-6-10(9)8-15/h3-6,11H,2,7-8,14H2,1H3. The van der Waals surface area contributed by atoms with Gasteiger partial charge in [0.05, 0.1) is 6.61 Å². The predicted molar refractivity (Wildman–Crippen MR) is 65.3 cm³/mol. The van der Waals surface area contributed by atoms with Crippen LogP contribution in [0.25, 0.3) is 0 Å². The molecular formula is C13H16N2O3. The number of fused-ring (bicyclic) bond motifs is 1. The fourth-order valence-electron chi connectivity index (χ4n) is 2.02. The molecular weight excluding hydrogens is 232 g/mol. The Morgan fingerprint density at radius 2 is 1.89 bits per heavy atom. The lowest BCUT2D eigenvalue weighted by Gasteiger charge is -2.19. The monoisotopic (exact) mass is 248 g/mol. The number of nitrogens with two attached hydrogens (primary N) is 1. The van der Waals surface area contributed by atoms with Crippen LogP contribution in [-0.4, -0.2) is 29.4 Å². The molecule has 0 saturated carbocycles. The molecule has 1 unspecified atom stereocenters. The first-order valence-corrected chi connectivity index (χ1v) is 5.91. The van der Waals surface area contributed by atoms with Gasteiger partial charge in [0.15, 0.2) is 6.04 Å². The van der Waals surface area contributed by atoms with Gasteiger partial charge in [-0.25, -0.2) is 4.79 Å². The van der Waals surface area contributed by atoms with Gasteiger partial charge in [0, 0.05) is 13.1 Å². The average Bonchev–Trinajstić information content (AvgIpc) is 2.81. The quantitative estimate of drug-likeness (QED) is 0.621. The Labute approximate surface area is 106 Å². The van der Waals surface area contributed by atoms with Gasteiger partial charge in [-0.05, 0) is 18.1 Å². The molecule has 1 atom stereocenters. The number of ether oxygens (including phenoxy) is 1. The van der Waals surface area contributed by atoms with Gasteiger partial charge in [0.25, 0.3) is 5.91 Å². The number of rotatable bonds is 3. The fourth-order valence-corrected chi connectivity index (χ4v) is 2.02. The van der Waals surface area contributed by atoms with Gasteiger partial charge in [-0.3, -0.25) is 4.79 Å². The molecule has 2 rings (SSSR count). The minimum atomic E-state index is -1.22. The second-order valence-corrected chi connectivity index (χ2v) is 4.19. The molecule has 1 aromatic carbocycles. The summed E-state index contributed by atoms with van der Waals surface area (Å²) in [5, 5.41) is 0. The van der Waals surface area contributed by atoms with E-state index in [-0.39, 0.29) is 12.5 Å². The molecule has 0 spiro atoms. The normalized spacial score (nSPS) is 15.1. The molecule has 5 heteroatoms. The first kappa shape index (κ1) is 12.6. The van der Waals surface area contributed by atoms with E-state index in [2.05, 4.69) is 0 Å². The summed E-state index contributed by atoms with van der Waals surface area (Å²) >= 11 is 0. The predicted octanol–water partition coefficient (Wildman–Crippen LogP) is 0.419. The first-order valence-electron chi connectivity index (χ1n) is 5.91. The highest BCUT2D eigenvalue weighted by Gasteiger charge is 2.31. The Morgan fingerprint density at radius 1 is 1.33 bits per heavy atom. The van der Waals surface area contributed by atoms with Crippen LogP contribution in [0.5, 0.6) is 0 Å². The summed E-state index contributed by atoms with van der Waals surface area (Å²) in [6.07, 6.45) is 0. The highest BCUT2D eigenvalue weighted by atomic mass is 16.5. The summed E-state index contributed by atoms with van der Waals surface area (Å²) in [6, 6.07) is 6.58. The lowest BCUT2D eigenvalue weighted by atomic mass is 10.1. The van der Waals surface area contributed by atoms with Crippen molar-refractivity contribution < 1.29 is 14.3 Å². The minimum absolute atomic E-state index is 0.222. The first-order chi connectivity index (χ1) is 8.63. The van der Waals surface area contributed by atoms with E-state index in [0.717, 1.165) is 11.1 Å². The smallest absolute Gasteiger partial charge is 0.332 e. The molecule has 5 nitrogen and oxygen atoms in total. The molecule has 18 heavy (non-hydrogen) atoms. The van der Waals surface area contributed by atoms with E-state index in [1.807, 2.05) is 24.3 Å². The maximum atomic E-state index is 12.0. The second kappa shape index (κ2) is 5.18. The zero-order valence-corrected chi connectivity index (χ0v) is 10.3. The Hall–Kier alpha value is -1.88. The van der Waals surface area contributed by atoms with Crippen molar-refractivity contribution in [1.29, 1.82) is 0 Å². The molecule has 0 aromatic heterocycles. The van der Waals surface area contributed by atoms with E-state index in [4.69, 9.17) is 10.5 Å². The van der Waals surface area contributed by atoms with Gasteiger partial charge in [0.1, 0.15) is 0 Å². The van der Waals surface area contributed by atoms with Crippen molar-refractivity contribution in [2.24, 2.45) is 5.73 Å². The zero-order chi connectivity index (χ0) is 13.1. The summed E-state index contributed by atoms with van der Waals surface area (Å²) < 4.78 is 4.75. The lowest BCUT2D eigenvalue weighted by Crippen LogP contribution is -2.47. The summed E-state index contributed by atoms with van der Waals surface area (Å²) in [5.74, 6) is -1.05. The Morgan fingerprint density at radius 3 is 2.39 bits per heavy atom. The number of hydrogen-bond acceptors (Lipinski definition) is 4. The fraction of sp³-hybridized carbons (Fsp3) is 0.385. The third kappa shape index (κ3) is 2.36. The van der Waals surface area contributed by atoms with Gasteiger partial charge < -0.3 is 15.4 Å². The molecule has 0 fully saturated rings. The lowest BCUT2D eigenvalue weighted by molar-refractivity contribution is -0.151. The Bertz CT molecular complexity index is 448. The van der Waals surface area contributed by atoms with Gasteiger partial charge >= 0.3 is 5.97 Å². The molecule has 0 bridgehead atoms. The van der Waals surface area contributed by atoms with E-state index < -0.39 is 12.0 Å². The molecule has 1 aromatic rings. The van der Waals surface area contributed by atoms with Gasteiger partial charge in [-0.1, -0.05) is 24.3 Å². The molecule has 0 saturated heterocycles. The van der Waals surface area contributed by atoms with Crippen molar-refractivity contribution in [3.8, 4) is 0 Å². The van der Waals surface area contributed by atoms with Gasteiger partial charge in [-0.2, -0.15) is 0 Å². The molecule has 2 N–H and O–H groups in total.